The molecule has 2 aromatic heterocycles. The number of para-hydroxylation sites is 3. The molecule has 3 heteroatoms. The van der Waals surface area contributed by atoms with Crippen LogP contribution in [-0.2, 0) is 10.8 Å². The maximum atomic E-state index is 5.31. The Kier molecular flexibility index (Phi) is 16.9. The molecule has 598 valence electrons. The molecule has 1 aliphatic heterocycles. The molecule has 0 saturated heterocycles. The highest BCUT2D eigenvalue weighted by Gasteiger charge is 2.53. The van der Waals surface area contributed by atoms with Gasteiger partial charge in [0.25, 0.3) is 0 Å². The van der Waals surface area contributed by atoms with Crippen molar-refractivity contribution in [1.29, 1.82) is 0 Å². The number of fused-ring (bicyclic) bond motifs is 25. The van der Waals surface area contributed by atoms with Gasteiger partial charge >= 0.3 is 0 Å². The third kappa shape index (κ3) is 11.1. The lowest BCUT2D eigenvalue weighted by Gasteiger charge is -2.45. The third-order valence-corrected chi connectivity index (χ3v) is 28.3. The SMILES string of the molecule is c1ccc(N2c3ccccc3C3(c4ccccc4-c4cc(-c5ccc(-c6c7ccccc7c(-c7ccc(-c8cccc9ccccc89)cc7)c7ccccc67)nc5)ccc43)c3ccccc32)cc1.c1ccc2c(c1)-c1ccccc1C21c2ccccc2-c2ccc(-c3ccc(-c4c5ccccc5c(-c5ccc(-c6cccc7ccccc67)cc5)c5ccccc45)nc3)cc21. The van der Waals surface area contributed by atoms with Crippen LogP contribution < -0.4 is 4.90 Å². The zero-order valence-corrected chi connectivity index (χ0v) is 70.5. The quantitative estimate of drug-likeness (QED) is 0.135. The van der Waals surface area contributed by atoms with Crippen molar-refractivity contribution in [3.05, 3.63) is 524 Å². The fraction of sp³-hybridized carbons (Fsp3) is 0.0159. The van der Waals surface area contributed by atoms with E-state index in [0.29, 0.717) is 0 Å². The lowest BCUT2D eigenvalue weighted by molar-refractivity contribution is 0.753. The van der Waals surface area contributed by atoms with E-state index in [0.717, 1.165) is 44.9 Å². The van der Waals surface area contributed by atoms with Crippen LogP contribution in [0.2, 0.25) is 0 Å². The summed E-state index contributed by atoms with van der Waals surface area (Å²) >= 11 is 0. The molecule has 0 fully saturated rings. The minimum absolute atomic E-state index is 0.377. The highest BCUT2D eigenvalue weighted by molar-refractivity contribution is 6.23. The average molecular weight is 1640 g/mol. The van der Waals surface area contributed by atoms with Gasteiger partial charge in [0.2, 0.25) is 0 Å². The first-order valence-electron chi connectivity index (χ1n) is 44.7. The third-order valence-electron chi connectivity index (χ3n) is 28.3. The molecule has 3 heterocycles. The molecule has 0 unspecified atom stereocenters. The number of nitrogens with zero attached hydrogens (tertiary/aromatic N) is 3. The summed E-state index contributed by atoms with van der Waals surface area (Å²) in [4.78, 5) is 13.0. The molecule has 21 aromatic carbocycles. The first kappa shape index (κ1) is 73.8. The molecule has 23 aromatic rings. The van der Waals surface area contributed by atoms with Gasteiger partial charge in [0.15, 0.2) is 0 Å². The Balaban J connectivity index is 0.000000137. The van der Waals surface area contributed by atoms with E-state index in [1.807, 2.05) is 0 Å². The van der Waals surface area contributed by atoms with Crippen LogP contribution in [0.1, 0.15) is 44.5 Å². The second-order valence-electron chi connectivity index (χ2n) is 34.7. The predicted molar refractivity (Wildman–Crippen MR) is 539 cm³/mol. The van der Waals surface area contributed by atoms with Gasteiger partial charge in [0, 0.05) is 40.3 Å². The van der Waals surface area contributed by atoms with Crippen LogP contribution in [0.4, 0.5) is 17.1 Å². The highest BCUT2D eigenvalue weighted by Crippen LogP contribution is 2.66. The molecule has 0 bridgehead atoms. The summed E-state index contributed by atoms with van der Waals surface area (Å²) in [7, 11) is 0. The van der Waals surface area contributed by atoms with Gasteiger partial charge in [0.1, 0.15) is 0 Å². The van der Waals surface area contributed by atoms with Crippen LogP contribution in [-0.4, -0.2) is 9.97 Å². The summed E-state index contributed by atoms with van der Waals surface area (Å²) in [6, 6.07) is 172. The number of benzene rings is 21. The van der Waals surface area contributed by atoms with Crippen LogP contribution in [0.3, 0.4) is 0 Å². The fourth-order valence-corrected chi connectivity index (χ4v) is 22.9. The molecular weight excluding hydrogens is 1560 g/mol. The summed E-state index contributed by atoms with van der Waals surface area (Å²) in [6.45, 7) is 0. The Morgan fingerprint density at radius 3 is 0.868 bits per heavy atom. The molecular formula is C126H79N3. The van der Waals surface area contributed by atoms with E-state index in [4.69, 9.17) is 9.97 Å². The van der Waals surface area contributed by atoms with E-state index >= 15 is 0 Å². The molecule has 4 aliphatic rings. The number of anilines is 3. The molecule has 3 aliphatic carbocycles. The van der Waals surface area contributed by atoms with E-state index in [1.54, 1.807) is 0 Å². The number of pyridine rings is 2. The Hall–Kier alpha value is -16.7. The van der Waals surface area contributed by atoms with Crippen molar-refractivity contribution in [3.8, 4) is 123 Å². The van der Waals surface area contributed by atoms with Crippen molar-refractivity contribution >= 4 is 81.7 Å². The molecule has 2 spiro atoms. The van der Waals surface area contributed by atoms with Crippen molar-refractivity contribution < 1.29 is 0 Å². The van der Waals surface area contributed by atoms with Crippen molar-refractivity contribution in [2.75, 3.05) is 4.90 Å². The van der Waals surface area contributed by atoms with Crippen LogP contribution in [0, 0.1) is 0 Å². The summed E-state index contributed by atoms with van der Waals surface area (Å²) in [5, 5.41) is 14.7. The highest BCUT2D eigenvalue weighted by atomic mass is 15.2. The van der Waals surface area contributed by atoms with E-state index in [1.165, 1.54) is 204 Å². The Morgan fingerprint density at radius 1 is 0.163 bits per heavy atom. The van der Waals surface area contributed by atoms with Gasteiger partial charge in [-0.3, -0.25) is 9.97 Å². The molecule has 27 rings (SSSR count). The standard InChI is InChI=1S/C66H42N2.C60H37N/c1-2-19-48(20-3-1)68-62-31-14-12-29-59(62)66(60-30-13-15-32-63(60)68)57-28-11-10-22-51(57)56-41-46(37-39-58(56)66)47-38-40-61(67-42-47)65-54-25-8-6-23-52(54)64(53-24-7-9-26-55(53)65)45-35-33-44(34-36-45)50-27-16-18-43-17-4-5-21-49(43)50;1-2-16-43-38(14-1)15-13-24-44(43)39-28-30-40(31-29-39)58-49-20-3-5-22-51(49)59(52-23-6-4-21-50(52)58)57-35-33-42(37-61-57)41-32-34-48-47-19-9-12-27-55(47)60(56(48)36-41)53-25-10-7-17-45(53)46-18-8-11-26-54(46)60/h1-42H;1-37H. The van der Waals surface area contributed by atoms with Crippen molar-refractivity contribution in [2.24, 2.45) is 0 Å². The van der Waals surface area contributed by atoms with Gasteiger partial charge < -0.3 is 4.90 Å². The van der Waals surface area contributed by atoms with Gasteiger partial charge in [-0.25, -0.2) is 0 Å². The fourth-order valence-electron chi connectivity index (χ4n) is 22.9. The van der Waals surface area contributed by atoms with Gasteiger partial charge in [-0.1, -0.05) is 419 Å². The topological polar surface area (TPSA) is 29.0 Å². The number of hydrogen-bond acceptors (Lipinski definition) is 3. The van der Waals surface area contributed by atoms with Crippen LogP contribution in [0.5, 0.6) is 0 Å². The normalized spacial score (nSPS) is 13.1. The molecule has 0 N–H and O–H groups in total. The molecule has 0 atom stereocenters. The predicted octanol–water partition coefficient (Wildman–Crippen LogP) is 32.9. The first-order chi connectivity index (χ1) is 64.0. The van der Waals surface area contributed by atoms with Gasteiger partial charge in [-0.05, 0) is 247 Å². The first-order valence-corrected chi connectivity index (χ1v) is 44.7. The molecule has 0 saturated carbocycles. The molecule has 129 heavy (non-hydrogen) atoms. The molecule has 3 nitrogen and oxygen atoms in total. The number of aromatic nitrogens is 2. The van der Waals surface area contributed by atoms with Crippen molar-refractivity contribution in [3.63, 3.8) is 0 Å². The minimum Gasteiger partial charge on any atom is -0.310 e. The largest absolute Gasteiger partial charge is 0.310 e. The molecule has 0 radical (unpaired) electrons. The lowest BCUT2D eigenvalue weighted by Crippen LogP contribution is -2.36. The Bertz CT molecular complexity index is 8300. The minimum atomic E-state index is -0.488. The monoisotopic (exact) mass is 1630 g/mol. The maximum Gasteiger partial charge on any atom is 0.0754 e. The Morgan fingerprint density at radius 2 is 0.450 bits per heavy atom. The number of hydrogen-bond donors (Lipinski definition) is 0. The summed E-state index contributed by atoms with van der Waals surface area (Å²) in [5.41, 5.74) is 39.7. The van der Waals surface area contributed by atoms with E-state index in [2.05, 4.69) is 484 Å². The van der Waals surface area contributed by atoms with E-state index in [9.17, 15) is 0 Å². The van der Waals surface area contributed by atoms with Crippen LogP contribution >= 0.6 is 0 Å². The second-order valence-corrected chi connectivity index (χ2v) is 34.7. The van der Waals surface area contributed by atoms with E-state index < -0.39 is 5.41 Å². The van der Waals surface area contributed by atoms with Gasteiger partial charge in [-0.2, -0.15) is 0 Å². The van der Waals surface area contributed by atoms with Gasteiger partial charge in [-0.15, -0.1) is 0 Å². The number of rotatable bonds is 9. The van der Waals surface area contributed by atoms with Crippen molar-refractivity contribution in [1.82, 2.24) is 9.97 Å². The summed E-state index contributed by atoms with van der Waals surface area (Å²) in [5.74, 6) is 0. The lowest BCUT2D eigenvalue weighted by atomic mass is 9.64. The van der Waals surface area contributed by atoms with Gasteiger partial charge in [0.05, 0.1) is 33.6 Å². The second kappa shape index (κ2) is 29.5. The summed E-state index contributed by atoms with van der Waals surface area (Å²) in [6.07, 6.45) is 4.14. The Labute approximate surface area is 748 Å². The smallest absolute Gasteiger partial charge is 0.0754 e. The maximum absolute atomic E-state index is 5.31. The zero-order chi connectivity index (χ0) is 84.8. The summed E-state index contributed by atoms with van der Waals surface area (Å²) < 4.78 is 0. The van der Waals surface area contributed by atoms with Crippen LogP contribution in [0.15, 0.2) is 480 Å². The molecule has 0 amide bonds. The average Bonchev–Trinajstić information content (AvgIpc) is 0.844. The van der Waals surface area contributed by atoms with E-state index in [-0.39, 0.29) is 5.41 Å². The van der Waals surface area contributed by atoms with Crippen LogP contribution in [0.25, 0.3) is 187 Å². The zero-order valence-electron chi connectivity index (χ0n) is 70.5. The van der Waals surface area contributed by atoms with Crippen molar-refractivity contribution in [2.45, 2.75) is 10.8 Å².